The summed E-state index contributed by atoms with van der Waals surface area (Å²) in [6.07, 6.45) is 2.44. The van der Waals surface area contributed by atoms with Gasteiger partial charge >= 0.3 is 0 Å². The minimum absolute atomic E-state index is 0.351. The SMILES string of the molecule is CC(N)CCC(C)C(C(C)C)C(C)C(C)C. The third-order valence-electron chi connectivity index (χ3n) is 4.16. The van der Waals surface area contributed by atoms with E-state index in [0.717, 1.165) is 36.0 Å². The molecule has 0 aliphatic rings. The second-order valence-electron chi connectivity index (χ2n) is 6.46. The molecule has 98 valence electrons. The third-order valence-corrected chi connectivity index (χ3v) is 4.16. The first kappa shape index (κ1) is 16.0. The second kappa shape index (κ2) is 7.32. The monoisotopic (exact) mass is 227 g/mol. The van der Waals surface area contributed by atoms with E-state index in [1.807, 2.05) is 0 Å². The van der Waals surface area contributed by atoms with E-state index in [0.29, 0.717) is 6.04 Å². The van der Waals surface area contributed by atoms with Gasteiger partial charge in [0.2, 0.25) is 0 Å². The van der Waals surface area contributed by atoms with Crippen LogP contribution in [0.25, 0.3) is 0 Å². The van der Waals surface area contributed by atoms with Crippen LogP contribution in [0.4, 0.5) is 0 Å². The average Bonchev–Trinajstić information content (AvgIpc) is 2.13. The summed E-state index contributed by atoms with van der Waals surface area (Å²) in [7, 11) is 0. The lowest BCUT2D eigenvalue weighted by atomic mass is 9.70. The summed E-state index contributed by atoms with van der Waals surface area (Å²) in [5.74, 6) is 4.00. The fourth-order valence-electron chi connectivity index (χ4n) is 2.95. The maximum absolute atomic E-state index is 5.85. The van der Waals surface area contributed by atoms with Gasteiger partial charge in [0.05, 0.1) is 0 Å². The topological polar surface area (TPSA) is 26.0 Å². The van der Waals surface area contributed by atoms with E-state index in [9.17, 15) is 0 Å². The van der Waals surface area contributed by atoms with Crippen LogP contribution in [0, 0.1) is 29.6 Å². The molecule has 0 aromatic heterocycles. The van der Waals surface area contributed by atoms with Crippen LogP contribution >= 0.6 is 0 Å². The zero-order valence-electron chi connectivity index (χ0n) is 12.5. The summed E-state index contributed by atoms with van der Waals surface area (Å²) < 4.78 is 0. The first-order chi connectivity index (χ1) is 7.27. The normalized spacial score (nSPS) is 19.9. The number of hydrogen-bond acceptors (Lipinski definition) is 1. The van der Waals surface area contributed by atoms with Crippen molar-refractivity contribution in [3.05, 3.63) is 0 Å². The molecule has 2 N–H and O–H groups in total. The lowest BCUT2D eigenvalue weighted by Gasteiger charge is -2.35. The van der Waals surface area contributed by atoms with Gasteiger partial charge in [-0.2, -0.15) is 0 Å². The molecule has 4 unspecified atom stereocenters. The van der Waals surface area contributed by atoms with Crippen molar-refractivity contribution in [2.45, 2.75) is 67.3 Å². The van der Waals surface area contributed by atoms with Gasteiger partial charge in [0.25, 0.3) is 0 Å². The molecule has 1 nitrogen and oxygen atoms in total. The van der Waals surface area contributed by atoms with Crippen molar-refractivity contribution in [1.82, 2.24) is 0 Å². The highest BCUT2D eigenvalue weighted by molar-refractivity contribution is 4.77. The maximum Gasteiger partial charge on any atom is 0.00105 e. The van der Waals surface area contributed by atoms with E-state index in [1.54, 1.807) is 0 Å². The molecule has 0 saturated carbocycles. The molecule has 0 spiro atoms. The van der Waals surface area contributed by atoms with Gasteiger partial charge in [-0.3, -0.25) is 0 Å². The first-order valence-electron chi connectivity index (χ1n) is 7.02. The summed E-state index contributed by atoms with van der Waals surface area (Å²) in [4.78, 5) is 0. The zero-order chi connectivity index (χ0) is 12.9. The highest BCUT2D eigenvalue weighted by Gasteiger charge is 2.28. The lowest BCUT2D eigenvalue weighted by molar-refractivity contribution is 0.139. The number of nitrogens with two attached hydrogens (primary N) is 1. The molecule has 0 aromatic rings. The fraction of sp³-hybridized carbons (Fsp3) is 1.00. The lowest BCUT2D eigenvalue weighted by Crippen LogP contribution is -2.29. The molecule has 0 aromatic carbocycles. The molecule has 0 radical (unpaired) electrons. The summed E-state index contributed by atoms with van der Waals surface area (Å²) in [5, 5.41) is 0. The van der Waals surface area contributed by atoms with Crippen LogP contribution in [0.15, 0.2) is 0 Å². The van der Waals surface area contributed by atoms with Crippen molar-refractivity contribution in [3.8, 4) is 0 Å². The Hall–Kier alpha value is -0.0400. The van der Waals surface area contributed by atoms with Crippen LogP contribution in [0.5, 0.6) is 0 Å². The maximum atomic E-state index is 5.85. The van der Waals surface area contributed by atoms with Crippen molar-refractivity contribution < 1.29 is 0 Å². The third kappa shape index (κ3) is 5.34. The van der Waals surface area contributed by atoms with Crippen LogP contribution in [0.1, 0.15) is 61.3 Å². The van der Waals surface area contributed by atoms with Gasteiger partial charge in [-0.15, -0.1) is 0 Å². The van der Waals surface area contributed by atoms with Gasteiger partial charge in [0, 0.05) is 6.04 Å². The molecular weight excluding hydrogens is 194 g/mol. The average molecular weight is 227 g/mol. The summed E-state index contributed by atoms with van der Waals surface area (Å²) in [5.41, 5.74) is 5.85. The molecular formula is C15H33N. The van der Waals surface area contributed by atoms with Crippen LogP contribution in [-0.2, 0) is 0 Å². The van der Waals surface area contributed by atoms with Crippen LogP contribution in [-0.4, -0.2) is 6.04 Å². The van der Waals surface area contributed by atoms with E-state index in [2.05, 4.69) is 48.5 Å². The Morgan fingerprint density at radius 2 is 1.25 bits per heavy atom. The second-order valence-corrected chi connectivity index (χ2v) is 6.46. The van der Waals surface area contributed by atoms with Gasteiger partial charge in [-0.1, -0.05) is 41.5 Å². The Bertz CT molecular complexity index is 172. The summed E-state index contributed by atoms with van der Waals surface area (Å²) in [6, 6.07) is 0.351. The van der Waals surface area contributed by atoms with Gasteiger partial charge in [0.1, 0.15) is 0 Å². The summed E-state index contributed by atoms with van der Waals surface area (Å²) >= 11 is 0. The van der Waals surface area contributed by atoms with Gasteiger partial charge in [-0.25, -0.2) is 0 Å². The fourth-order valence-corrected chi connectivity index (χ4v) is 2.95. The van der Waals surface area contributed by atoms with E-state index < -0.39 is 0 Å². The van der Waals surface area contributed by atoms with Gasteiger partial charge in [0.15, 0.2) is 0 Å². The smallest absolute Gasteiger partial charge is 0.00105 e. The minimum atomic E-state index is 0.351. The molecule has 4 atom stereocenters. The Kier molecular flexibility index (Phi) is 7.30. The van der Waals surface area contributed by atoms with Crippen LogP contribution < -0.4 is 5.73 Å². The quantitative estimate of drug-likeness (QED) is 0.689. The summed E-state index contributed by atoms with van der Waals surface area (Å²) in [6.45, 7) is 16.4. The van der Waals surface area contributed by atoms with Crippen molar-refractivity contribution in [1.29, 1.82) is 0 Å². The largest absolute Gasteiger partial charge is 0.328 e. The molecule has 1 heteroatoms. The molecule has 0 amide bonds. The predicted molar refractivity (Wildman–Crippen MR) is 74.4 cm³/mol. The predicted octanol–water partition coefficient (Wildman–Crippen LogP) is 4.31. The molecule has 0 aliphatic heterocycles. The number of rotatable bonds is 7. The van der Waals surface area contributed by atoms with Crippen molar-refractivity contribution in [2.24, 2.45) is 35.3 Å². The molecule has 16 heavy (non-hydrogen) atoms. The van der Waals surface area contributed by atoms with Crippen LogP contribution in [0.3, 0.4) is 0 Å². The Morgan fingerprint density at radius 3 is 1.56 bits per heavy atom. The molecule has 0 saturated heterocycles. The van der Waals surface area contributed by atoms with Gasteiger partial charge in [-0.05, 0) is 49.4 Å². The van der Waals surface area contributed by atoms with Crippen molar-refractivity contribution >= 4 is 0 Å². The van der Waals surface area contributed by atoms with E-state index in [-0.39, 0.29) is 0 Å². The van der Waals surface area contributed by atoms with Crippen LogP contribution in [0.2, 0.25) is 0 Å². The highest BCUT2D eigenvalue weighted by Crippen LogP contribution is 2.35. The highest BCUT2D eigenvalue weighted by atomic mass is 14.6. The van der Waals surface area contributed by atoms with E-state index in [4.69, 9.17) is 5.73 Å². The Morgan fingerprint density at radius 1 is 0.750 bits per heavy atom. The van der Waals surface area contributed by atoms with E-state index >= 15 is 0 Å². The van der Waals surface area contributed by atoms with Crippen molar-refractivity contribution in [2.75, 3.05) is 0 Å². The first-order valence-corrected chi connectivity index (χ1v) is 7.02. The molecule has 0 aliphatic carbocycles. The molecule has 0 fully saturated rings. The molecule has 0 rings (SSSR count). The number of hydrogen-bond donors (Lipinski definition) is 1. The molecule has 0 heterocycles. The zero-order valence-corrected chi connectivity index (χ0v) is 12.5. The van der Waals surface area contributed by atoms with Gasteiger partial charge < -0.3 is 5.73 Å². The Balaban J connectivity index is 4.41. The Labute approximate surface area is 103 Å². The molecule has 0 bridgehead atoms. The standard InChI is InChI=1S/C15H33N/c1-10(2)14(7)15(11(3)4)12(5)8-9-13(6)16/h10-15H,8-9,16H2,1-7H3. The van der Waals surface area contributed by atoms with E-state index in [1.165, 1.54) is 6.42 Å². The van der Waals surface area contributed by atoms with Crippen molar-refractivity contribution in [3.63, 3.8) is 0 Å². The minimum Gasteiger partial charge on any atom is -0.328 e.